The summed E-state index contributed by atoms with van der Waals surface area (Å²) in [6, 6.07) is 11.7. The summed E-state index contributed by atoms with van der Waals surface area (Å²) in [4.78, 5) is 11.1. The van der Waals surface area contributed by atoms with Crippen molar-refractivity contribution in [2.24, 2.45) is 0 Å². The molecule has 0 aliphatic carbocycles. The highest BCUT2D eigenvalue weighted by molar-refractivity contribution is 5.97. The van der Waals surface area contributed by atoms with Crippen molar-refractivity contribution in [3.05, 3.63) is 59.9 Å². The SMILES string of the molecule is O=C(CF)c1ccc(Oc2ccc(F)cc2)cc1. The molecule has 0 radical (unpaired) electrons. The van der Waals surface area contributed by atoms with Crippen molar-refractivity contribution < 1.29 is 18.3 Å². The first-order chi connectivity index (χ1) is 8.69. The molecule has 0 N–H and O–H groups in total. The van der Waals surface area contributed by atoms with Crippen molar-refractivity contribution in [3.63, 3.8) is 0 Å². The monoisotopic (exact) mass is 248 g/mol. The third-order valence-electron chi connectivity index (χ3n) is 2.35. The minimum Gasteiger partial charge on any atom is -0.457 e. The molecule has 0 amide bonds. The summed E-state index contributed by atoms with van der Waals surface area (Å²) >= 11 is 0. The van der Waals surface area contributed by atoms with Crippen LogP contribution in [0.1, 0.15) is 10.4 Å². The van der Waals surface area contributed by atoms with E-state index in [0.29, 0.717) is 17.1 Å². The standard InChI is InChI=1S/C14H10F2O2/c15-9-14(17)10-1-5-12(6-2-10)18-13-7-3-11(16)4-8-13/h1-8H,9H2. The minimum absolute atomic E-state index is 0.295. The lowest BCUT2D eigenvalue weighted by atomic mass is 10.1. The van der Waals surface area contributed by atoms with Gasteiger partial charge in [0.2, 0.25) is 0 Å². The number of hydrogen-bond donors (Lipinski definition) is 0. The van der Waals surface area contributed by atoms with Crippen LogP contribution in [0.25, 0.3) is 0 Å². The first kappa shape index (κ1) is 12.2. The topological polar surface area (TPSA) is 26.3 Å². The summed E-state index contributed by atoms with van der Waals surface area (Å²) in [5.74, 6) is 0.0764. The molecule has 0 saturated heterocycles. The van der Waals surface area contributed by atoms with Gasteiger partial charge in [-0.15, -0.1) is 0 Å². The van der Waals surface area contributed by atoms with Gasteiger partial charge in [-0.1, -0.05) is 0 Å². The molecule has 2 aromatic rings. The molecule has 0 spiro atoms. The number of hydrogen-bond acceptors (Lipinski definition) is 2. The van der Waals surface area contributed by atoms with Crippen LogP contribution in [0.5, 0.6) is 11.5 Å². The second-order valence-electron chi connectivity index (χ2n) is 3.64. The number of alkyl halides is 1. The normalized spacial score (nSPS) is 10.1. The van der Waals surface area contributed by atoms with Gasteiger partial charge in [-0.2, -0.15) is 0 Å². The van der Waals surface area contributed by atoms with Crippen LogP contribution in [0.3, 0.4) is 0 Å². The number of carbonyl (C=O) groups excluding carboxylic acids is 1. The van der Waals surface area contributed by atoms with Crippen LogP contribution >= 0.6 is 0 Å². The smallest absolute Gasteiger partial charge is 0.193 e. The van der Waals surface area contributed by atoms with Gasteiger partial charge >= 0.3 is 0 Å². The maximum absolute atomic E-state index is 12.7. The number of benzene rings is 2. The van der Waals surface area contributed by atoms with Gasteiger partial charge in [0.25, 0.3) is 0 Å². The molecule has 0 fully saturated rings. The molecular weight excluding hydrogens is 238 g/mol. The average Bonchev–Trinajstić information content (AvgIpc) is 2.41. The van der Waals surface area contributed by atoms with Gasteiger partial charge in [0.15, 0.2) is 12.5 Å². The van der Waals surface area contributed by atoms with E-state index in [4.69, 9.17) is 4.74 Å². The molecular formula is C14H10F2O2. The van der Waals surface area contributed by atoms with Gasteiger partial charge < -0.3 is 4.74 Å². The van der Waals surface area contributed by atoms with Crippen molar-refractivity contribution in [3.8, 4) is 11.5 Å². The number of ketones is 1. The Hall–Kier alpha value is -2.23. The van der Waals surface area contributed by atoms with Crippen LogP contribution in [0.2, 0.25) is 0 Å². The maximum atomic E-state index is 12.7. The van der Waals surface area contributed by atoms with Crippen molar-refractivity contribution in [1.29, 1.82) is 0 Å². The van der Waals surface area contributed by atoms with E-state index in [-0.39, 0.29) is 5.82 Å². The number of ether oxygens (including phenoxy) is 1. The van der Waals surface area contributed by atoms with E-state index in [1.165, 1.54) is 36.4 Å². The molecule has 4 heteroatoms. The molecule has 0 unspecified atom stereocenters. The molecule has 0 aromatic heterocycles. The zero-order valence-corrected chi connectivity index (χ0v) is 9.40. The number of rotatable bonds is 4. The van der Waals surface area contributed by atoms with Crippen LogP contribution in [-0.4, -0.2) is 12.5 Å². The third kappa shape index (κ3) is 2.91. The Kier molecular flexibility index (Phi) is 3.67. The van der Waals surface area contributed by atoms with E-state index in [1.54, 1.807) is 12.1 Å². The largest absolute Gasteiger partial charge is 0.457 e. The van der Waals surface area contributed by atoms with Gasteiger partial charge in [0.05, 0.1) is 0 Å². The van der Waals surface area contributed by atoms with Crippen LogP contribution in [0, 0.1) is 5.82 Å². The zero-order chi connectivity index (χ0) is 13.0. The summed E-state index contributed by atoms with van der Waals surface area (Å²) < 4.78 is 30.2. The van der Waals surface area contributed by atoms with E-state index < -0.39 is 12.5 Å². The van der Waals surface area contributed by atoms with E-state index in [9.17, 15) is 13.6 Å². The highest BCUT2D eigenvalue weighted by Crippen LogP contribution is 2.21. The van der Waals surface area contributed by atoms with Crippen LogP contribution < -0.4 is 4.74 Å². The molecule has 92 valence electrons. The van der Waals surface area contributed by atoms with Crippen LogP contribution in [0.15, 0.2) is 48.5 Å². The first-order valence-electron chi connectivity index (χ1n) is 5.31. The molecule has 0 aliphatic rings. The van der Waals surface area contributed by atoms with Crippen molar-refractivity contribution in [2.45, 2.75) is 0 Å². The molecule has 2 rings (SSSR count). The minimum atomic E-state index is -1.02. The van der Waals surface area contributed by atoms with E-state index in [1.807, 2.05) is 0 Å². The maximum Gasteiger partial charge on any atom is 0.193 e. The average molecular weight is 248 g/mol. The Morgan fingerprint density at radius 1 is 0.944 bits per heavy atom. The number of Topliss-reactive ketones (excluding diaryl/α,β-unsaturated/α-hetero) is 1. The van der Waals surface area contributed by atoms with E-state index in [0.717, 1.165) is 0 Å². The summed E-state index contributed by atoms with van der Waals surface area (Å²) in [5, 5.41) is 0. The van der Waals surface area contributed by atoms with Gasteiger partial charge in [0.1, 0.15) is 17.3 Å². The quantitative estimate of drug-likeness (QED) is 0.770. The van der Waals surface area contributed by atoms with Crippen molar-refractivity contribution in [1.82, 2.24) is 0 Å². The molecule has 0 atom stereocenters. The Balaban J connectivity index is 2.10. The Bertz CT molecular complexity index is 533. The predicted octanol–water partition coefficient (Wildman–Crippen LogP) is 3.77. The second kappa shape index (κ2) is 5.40. The summed E-state index contributed by atoms with van der Waals surface area (Å²) in [6.45, 7) is -1.02. The Labute approximate surface area is 103 Å². The lowest BCUT2D eigenvalue weighted by molar-refractivity contribution is 0.0958. The first-order valence-corrected chi connectivity index (χ1v) is 5.31. The molecule has 2 aromatic carbocycles. The second-order valence-corrected chi connectivity index (χ2v) is 3.64. The predicted molar refractivity (Wildman–Crippen MR) is 63.2 cm³/mol. The van der Waals surface area contributed by atoms with Crippen molar-refractivity contribution >= 4 is 5.78 Å². The summed E-state index contributed by atoms with van der Waals surface area (Å²) in [7, 11) is 0. The molecule has 0 aliphatic heterocycles. The van der Waals surface area contributed by atoms with Gasteiger partial charge in [-0.3, -0.25) is 4.79 Å². The molecule has 0 heterocycles. The van der Waals surface area contributed by atoms with E-state index in [2.05, 4.69) is 0 Å². The number of carbonyl (C=O) groups is 1. The van der Waals surface area contributed by atoms with Crippen LogP contribution in [-0.2, 0) is 0 Å². The van der Waals surface area contributed by atoms with Gasteiger partial charge in [-0.25, -0.2) is 8.78 Å². The van der Waals surface area contributed by atoms with E-state index >= 15 is 0 Å². The van der Waals surface area contributed by atoms with Gasteiger partial charge in [-0.05, 0) is 48.5 Å². The third-order valence-corrected chi connectivity index (χ3v) is 2.35. The Morgan fingerprint density at radius 3 is 1.94 bits per heavy atom. The summed E-state index contributed by atoms with van der Waals surface area (Å²) in [6.07, 6.45) is 0. The zero-order valence-electron chi connectivity index (χ0n) is 9.40. The fraction of sp³-hybridized carbons (Fsp3) is 0.0714. The lowest BCUT2D eigenvalue weighted by Gasteiger charge is -2.05. The lowest BCUT2D eigenvalue weighted by Crippen LogP contribution is -2.00. The fourth-order valence-electron chi connectivity index (χ4n) is 1.42. The molecule has 2 nitrogen and oxygen atoms in total. The van der Waals surface area contributed by atoms with Crippen molar-refractivity contribution in [2.75, 3.05) is 6.67 Å². The highest BCUT2D eigenvalue weighted by atomic mass is 19.1. The highest BCUT2D eigenvalue weighted by Gasteiger charge is 2.05. The molecule has 18 heavy (non-hydrogen) atoms. The molecule has 0 saturated carbocycles. The molecule has 0 bridgehead atoms. The van der Waals surface area contributed by atoms with Crippen LogP contribution in [0.4, 0.5) is 8.78 Å². The number of halogens is 2. The van der Waals surface area contributed by atoms with Gasteiger partial charge in [0, 0.05) is 5.56 Å². The summed E-state index contributed by atoms with van der Waals surface area (Å²) in [5.41, 5.74) is 0.295. The fourth-order valence-corrected chi connectivity index (χ4v) is 1.42. The Morgan fingerprint density at radius 2 is 1.44 bits per heavy atom.